The minimum absolute atomic E-state index is 0.0122. The molecule has 1 atom stereocenters. The second-order valence-electron chi connectivity index (χ2n) is 6.11. The molecule has 0 aromatic heterocycles. The van der Waals surface area contributed by atoms with Crippen molar-refractivity contribution in [2.24, 2.45) is 5.92 Å². The van der Waals surface area contributed by atoms with Gasteiger partial charge in [-0.3, -0.25) is 9.59 Å². The van der Waals surface area contributed by atoms with E-state index in [0.717, 1.165) is 25.6 Å². The first kappa shape index (κ1) is 16.5. The predicted octanol–water partition coefficient (Wildman–Crippen LogP) is 2.71. The quantitative estimate of drug-likeness (QED) is 0.879. The molecule has 0 bridgehead atoms. The molecule has 2 rings (SSSR count). The van der Waals surface area contributed by atoms with Crippen LogP contribution in [-0.4, -0.2) is 36.3 Å². The molecule has 1 unspecified atom stereocenters. The van der Waals surface area contributed by atoms with Crippen LogP contribution in [0.4, 0.5) is 11.4 Å². The van der Waals surface area contributed by atoms with Crippen LogP contribution < -0.4 is 10.6 Å². The molecule has 0 aliphatic carbocycles. The number of nitrogens with one attached hydrogen (secondary N) is 2. The number of likely N-dealkylation sites (tertiary alicyclic amines) is 1. The van der Waals surface area contributed by atoms with Gasteiger partial charge in [0, 0.05) is 37.8 Å². The number of nitrogens with zero attached hydrogens (tertiary/aromatic N) is 1. The molecule has 1 aromatic rings. The van der Waals surface area contributed by atoms with Crippen LogP contribution in [-0.2, 0) is 9.59 Å². The summed E-state index contributed by atoms with van der Waals surface area (Å²) in [6.07, 6.45) is 3.01. The third-order valence-electron chi connectivity index (χ3n) is 3.86. The molecule has 0 saturated carbocycles. The monoisotopic (exact) mass is 303 g/mol. The molecule has 120 valence electrons. The van der Waals surface area contributed by atoms with Crippen molar-refractivity contribution in [1.29, 1.82) is 0 Å². The fourth-order valence-electron chi connectivity index (χ4n) is 2.85. The van der Waals surface area contributed by atoms with E-state index in [1.54, 1.807) is 12.1 Å². The maximum atomic E-state index is 12.0. The molecule has 5 heteroatoms. The Morgan fingerprint density at radius 2 is 2.00 bits per heavy atom. The van der Waals surface area contributed by atoms with Crippen molar-refractivity contribution in [2.45, 2.75) is 33.1 Å². The first-order valence-electron chi connectivity index (χ1n) is 7.93. The van der Waals surface area contributed by atoms with E-state index in [0.29, 0.717) is 17.8 Å². The molecule has 0 radical (unpaired) electrons. The zero-order valence-electron chi connectivity index (χ0n) is 13.4. The number of carbonyl (C=O) groups excluding carboxylic acids is 2. The van der Waals surface area contributed by atoms with Crippen molar-refractivity contribution in [3.05, 3.63) is 24.3 Å². The summed E-state index contributed by atoms with van der Waals surface area (Å²) in [5.41, 5.74) is 1.40. The molecular formula is C17H25N3O2. The average molecular weight is 303 g/mol. The third kappa shape index (κ3) is 5.48. The smallest absolute Gasteiger partial charge is 0.225 e. The van der Waals surface area contributed by atoms with Gasteiger partial charge in [0.15, 0.2) is 0 Å². The number of hydrogen-bond donors (Lipinski definition) is 2. The fraction of sp³-hybridized carbons (Fsp3) is 0.529. The summed E-state index contributed by atoms with van der Waals surface area (Å²) in [6, 6.07) is 7.20. The Hall–Kier alpha value is -1.88. The maximum absolute atomic E-state index is 12.0. The van der Waals surface area contributed by atoms with Gasteiger partial charge in [-0.15, -0.1) is 0 Å². The zero-order chi connectivity index (χ0) is 15.9. The Bertz CT molecular complexity index is 530. The number of hydrogen-bond acceptors (Lipinski definition) is 3. The van der Waals surface area contributed by atoms with Crippen LogP contribution in [0.2, 0.25) is 0 Å². The summed E-state index contributed by atoms with van der Waals surface area (Å²) in [4.78, 5) is 25.5. The van der Waals surface area contributed by atoms with Crippen LogP contribution >= 0.6 is 0 Å². The molecular weight excluding hydrogens is 278 g/mol. The van der Waals surface area contributed by atoms with Gasteiger partial charge in [0.1, 0.15) is 0 Å². The molecule has 2 amide bonds. The molecule has 1 fully saturated rings. The van der Waals surface area contributed by atoms with Gasteiger partial charge in [0.25, 0.3) is 0 Å². The summed E-state index contributed by atoms with van der Waals surface area (Å²) in [7, 11) is 0. The van der Waals surface area contributed by atoms with Gasteiger partial charge >= 0.3 is 0 Å². The lowest BCUT2D eigenvalue weighted by atomic mass is 10.0. The lowest BCUT2D eigenvalue weighted by Gasteiger charge is -2.30. The van der Waals surface area contributed by atoms with E-state index in [-0.39, 0.29) is 11.8 Å². The third-order valence-corrected chi connectivity index (χ3v) is 3.86. The molecule has 22 heavy (non-hydrogen) atoms. The molecule has 5 nitrogen and oxygen atoms in total. The SMILES string of the molecule is CC(=O)Nc1cccc(NC(=O)CCN2CCCC(C)C2)c1. The van der Waals surface area contributed by atoms with Gasteiger partial charge in [-0.05, 0) is 43.5 Å². The van der Waals surface area contributed by atoms with E-state index in [4.69, 9.17) is 0 Å². The number of piperidine rings is 1. The largest absolute Gasteiger partial charge is 0.326 e. The minimum atomic E-state index is -0.123. The summed E-state index contributed by atoms with van der Waals surface area (Å²) in [6.45, 7) is 6.72. The van der Waals surface area contributed by atoms with Crippen LogP contribution in [0.3, 0.4) is 0 Å². The van der Waals surface area contributed by atoms with Gasteiger partial charge in [-0.25, -0.2) is 0 Å². The Labute approximate surface area is 132 Å². The van der Waals surface area contributed by atoms with Crippen molar-refractivity contribution in [3.8, 4) is 0 Å². The van der Waals surface area contributed by atoms with Gasteiger partial charge in [-0.1, -0.05) is 13.0 Å². The Morgan fingerprint density at radius 1 is 1.27 bits per heavy atom. The van der Waals surface area contributed by atoms with Crippen LogP contribution in [0.25, 0.3) is 0 Å². The lowest BCUT2D eigenvalue weighted by molar-refractivity contribution is -0.116. The summed E-state index contributed by atoms with van der Waals surface area (Å²) in [5, 5.41) is 5.60. The van der Waals surface area contributed by atoms with Crippen LogP contribution in [0.1, 0.15) is 33.1 Å². The van der Waals surface area contributed by atoms with Crippen molar-refractivity contribution in [2.75, 3.05) is 30.3 Å². The molecule has 1 aliphatic rings. The summed E-state index contributed by atoms with van der Waals surface area (Å²) < 4.78 is 0. The first-order valence-corrected chi connectivity index (χ1v) is 7.93. The topological polar surface area (TPSA) is 61.4 Å². The van der Waals surface area contributed by atoms with E-state index < -0.39 is 0 Å². The minimum Gasteiger partial charge on any atom is -0.326 e. The maximum Gasteiger partial charge on any atom is 0.225 e. The first-order chi connectivity index (χ1) is 10.5. The Balaban J connectivity index is 1.80. The standard InChI is InChI=1S/C17H25N3O2/c1-13-5-4-9-20(12-13)10-8-17(22)19-16-7-3-6-15(11-16)18-14(2)21/h3,6-7,11,13H,4-5,8-10,12H2,1-2H3,(H,18,21)(H,19,22). The van der Waals surface area contributed by atoms with Crippen molar-refractivity contribution < 1.29 is 9.59 Å². The van der Waals surface area contributed by atoms with E-state index in [1.807, 2.05) is 12.1 Å². The van der Waals surface area contributed by atoms with Gasteiger partial charge in [0.2, 0.25) is 11.8 Å². The number of benzene rings is 1. The second-order valence-corrected chi connectivity index (χ2v) is 6.11. The van der Waals surface area contributed by atoms with E-state index >= 15 is 0 Å². The molecule has 1 heterocycles. The predicted molar refractivity (Wildman–Crippen MR) is 88.8 cm³/mol. The van der Waals surface area contributed by atoms with Crippen molar-refractivity contribution in [3.63, 3.8) is 0 Å². The van der Waals surface area contributed by atoms with Crippen LogP contribution in [0.5, 0.6) is 0 Å². The van der Waals surface area contributed by atoms with Crippen molar-refractivity contribution in [1.82, 2.24) is 4.90 Å². The molecule has 0 spiro atoms. The number of carbonyl (C=O) groups is 2. The highest BCUT2D eigenvalue weighted by Gasteiger charge is 2.16. The number of amides is 2. The van der Waals surface area contributed by atoms with E-state index in [9.17, 15) is 9.59 Å². The van der Waals surface area contributed by atoms with Gasteiger partial charge in [-0.2, -0.15) is 0 Å². The van der Waals surface area contributed by atoms with Gasteiger partial charge < -0.3 is 15.5 Å². The highest BCUT2D eigenvalue weighted by atomic mass is 16.2. The Kier molecular flexibility index (Phi) is 5.95. The van der Waals surface area contributed by atoms with Crippen LogP contribution in [0.15, 0.2) is 24.3 Å². The molecule has 1 saturated heterocycles. The highest BCUT2D eigenvalue weighted by molar-refractivity contribution is 5.93. The Morgan fingerprint density at radius 3 is 2.68 bits per heavy atom. The molecule has 1 aromatic carbocycles. The average Bonchev–Trinajstić information content (AvgIpc) is 2.45. The summed E-state index contributed by atoms with van der Waals surface area (Å²) in [5.74, 6) is 0.618. The number of anilines is 2. The number of rotatable bonds is 5. The lowest BCUT2D eigenvalue weighted by Crippen LogP contribution is -2.36. The van der Waals surface area contributed by atoms with Crippen LogP contribution in [0, 0.1) is 5.92 Å². The highest BCUT2D eigenvalue weighted by Crippen LogP contribution is 2.17. The molecule has 2 N–H and O–H groups in total. The van der Waals surface area contributed by atoms with E-state index in [2.05, 4.69) is 22.5 Å². The summed E-state index contributed by atoms with van der Waals surface area (Å²) >= 11 is 0. The fourth-order valence-corrected chi connectivity index (χ4v) is 2.85. The van der Waals surface area contributed by atoms with E-state index in [1.165, 1.54) is 19.8 Å². The normalized spacial score (nSPS) is 18.7. The molecule has 1 aliphatic heterocycles. The second kappa shape index (κ2) is 7.94. The van der Waals surface area contributed by atoms with Crippen molar-refractivity contribution >= 4 is 23.2 Å². The zero-order valence-corrected chi connectivity index (χ0v) is 13.4. The van der Waals surface area contributed by atoms with Gasteiger partial charge in [0.05, 0.1) is 0 Å².